The minimum absolute atomic E-state index is 0.0408. The van der Waals surface area contributed by atoms with Crippen molar-refractivity contribution in [2.24, 2.45) is 0 Å². The Hall–Kier alpha value is -2.99. The molecule has 3 aromatic rings. The molecule has 1 fully saturated rings. The number of benzene rings is 2. The second kappa shape index (κ2) is 7.94. The van der Waals surface area contributed by atoms with Crippen LogP contribution in [-0.4, -0.2) is 54.0 Å². The van der Waals surface area contributed by atoms with E-state index >= 15 is 0 Å². The van der Waals surface area contributed by atoms with E-state index in [4.69, 9.17) is 4.74 Å². The molecule has 28 heavy (non-hydrogen) atoms. The lowest BCUT2D eigenvalue weighted by molar-refractivity contribution is 0.0623. The molecule has 0 aliphatic carbocycles. The summed E-state index contributed by atoms with van der Waals surface area (Å²) in [6.45, 7) is 3.40. The molecule has 0 radical (unpaired) electrons. The van der Waals surface area contributed by atoms with Crippen LogP contribution in [0.25, 0.3) is 10.9 Å². The quantitative estimate of drug-likeness (QED) is 0.698. The van der Waals surface area contributed by atoms with E-state index < -0.39 is 0 Å². The highest BCUT2D eigenvalue weighted by Gasteiger charge is 2.23. The van der Waals surface area contributed by atoms with Gasteiger partial charge in [0.1, 0.15) is 5.69 Å². The van der Waals surface area contributed by atoms with E-state index in [0.717, 1.165) is 29.6 Å². The molecule has 1 saturated heterocycles. The molecule has 1 amide bonds. The predicted octanol–water partition coefficient (Wildman–Crippen LogP) is 3.34. The predicted molar refractivity (Wildman–Crippen MR) is 106 cm³/mol. The fraction of sp³-hybridized carbons (Fsp3) is 0.273. The van der Waals surface area contributed by atoms with Crippen molar-refractivity contribution in [2.45, 2.75) is 6.54 Å². The first-order valence-corrected chi connectivity index (χ1v) is 9.34. The van der Waals surface area contributed by atoms with Gasteiger partial charge in [-0.25, -0.2) is 9.37 Å². The summed E-state index contributed by atoms with van der Waals surface area (Å²) in [6, 6.07) is 16.5. The lowest BCUT2D eigenvalue weighted by Gasteiger charge is -2.34. The first kappa shape index (κ1) is 18.4. The summed E-state index contributed by atoms with van der Waals surface area (Å²) in [5.41, 5.74) is 2.20. The Morgan fingerprint density at radius 2 is 1.86 bits per heavy atom. The van der Waals surface area contributed by atoms with Gasteiger partial charge in [-0.15, -0.1) is 0 Å². The molecule has 0 bridgehead atoms. The smallest absolute Gasteiger partial charge is 0.272 e. The number of rotatable bonds is 4. The van der Waals surface area contributed by atoms with Crippen molar-refractivity contribution >= 4 is 16.8 Å². The van der Waals surface area contributed by atoms with E-state index in [0.29, 0.717) is 25.3 Å². The average Bonchev–Trinajstić information content (AvgIpc) is 2.73. The molecular weight excluding hydrogens is 357 g/mol. The van der Waals surface area contributed by atoms with E-state index in [1.54, 1.807) is 12.1 Å². The number of halogens is 1. The van der Waals surface area contributed by atoms with Crippen LogP contribution in [0.15, 0.2) is 54.6 Å². The molecule has 0 N–H and O–H groups in total. The molecule has 1 aromatic heterocycles. The zero-order chi connectivity index (χ0) is 19.5. The Labute approximate surface area is 163 Å². The Balaban J connectivity index is 1.37. The monoisotopic (exact) mass is 379 g/mol. The minimum Gasteiger partial charge on any atom is -0.494 e. The zero-order valence-corrected chi connectivity index (χ0v) is 15.8. The van der Waals surface area contributed by atoms with Crippen LogP contribution in [0.4, 0.5) is 4.39 Å². The number of hydrogen-bond donors (Lipinski definition) is 0. The van der Waals surface area contributed by atoms with Crippen molar-refractivity contribution in [1.82, 2.24) is 14.8 Å². The van der Waals surface area contributed by atoms with Crippen molar-refractivity contribution in [3.8, 4) is 5.75 Å². The number of methoxy groups -OCH3 is 1. The van der Waals surface area contributed by atoms with E-state index in [2.05, 4.69) is 9.88 Å². The maximum Gasteiger partial charge on any atom is 0.272 e. The summed E-state index contributed by atoms with van der Waals surface area (Å²) < 4.78 is 18.8. The highest BCUT2D eigenvalue weighted by molar-refractivity contribution is 5.95. The maximum absolute atomic E-state index is 13.9. The molecule has 0 unspecified atom stereocenters. The number of nitrogens with zero attached hydrogens (tertiary/aromatic N) is 3. The van der Waals surface area contributed by atoms with Gasteiger partial charge in [-0.1, -0.05) is 30.3 Å². The summed E-state index contributed by atoms with van der Waals surface area (Å²) in [7, 11) is 1.46. The fourth-order valence-corrected chi connectivity index (χ4v) is 3.52. The third-order valence-electron chi connectivity index (χ3n) is 5.10. The van der Waals surface area contributed by atoms with Crippen LogP contribution >= 0.6 is 0 Å². The summed E-state index contributed by atoms with van der Waals surface area (Å²) in [4.78, 5) is 21.4. The van der Waals surface area contributed by atoms with Gasteiger partial charge in [-0.2, -0.15) is 0 Å². The van der Waals surface area contributed by atoms with Gasteiger partial charge in [-0.3, -0.25) is 9.69 Å². The fourth-order valence-electron chi connectivity index (χ4n) is 3.52. The third-order valence-corrected chi connectivity index (χ3v) is 5.10. The molecule has 1 aliphatic rings. The van der Waals surface area contributed by atoms with Gasteiger partial charge < -0.3 is 9.64 Å². The van der Waals surface area contributed by atoms with Crippen molar-refractivity contribution in [2.75, 3.05) is 33.3 Å². The zero-order valence-electron chi connectivity index (χ0n) is 15.8. The van der Waals surface area contributed by atoms with Crippen LogP contribution in [0.5, 0.6) is 5.75 Å². The van der Waals surface area contributed by atoms with E-state index in [1.807, 2.05) is 41.3 Å². The molecule has 2 heterocycles. The van der Waals surface area contributed by atoms with Gasteiger partial charge in [0.25, 0.3) is 5.91 Å². The van der Waals surface area contributed by atoms with Gasteiger partial charge in [0, 0.05) is 38.1 Å². The van der Waals surface area contributed by atoms with E-state index in [9.17, 15) is 9.18 Å². The number of fused-ring (bicyclic) bond motifs is 1. The largest absolute Gasteiger partial charge is 0.494 e. The Bertz CT molecular complexity index is 1000. The number of pyridine rings is 1. The topological polar surface area (TPSA) is 45.7 Å². The van der Waals surface area contributed by atoms with Crippen LogP contribution in [0.1, 0.15) is 16.1 Å². The number of piperazine rings is 1. The molecular formula is C22H22FN3O2. The summed E-state index contributed by atoms with van der Waals surface area (Å²) in [6.07, 6.45) is 0. The molecule has 4 rings (SSSR count). The van der Waals surface area contributed by atoms with Crippen LogP contribution in [0.3, 0.4) is 0 Å². The number of amides is 1. The lowest BCUT2D eigenvalue weighted by Crippen LogP contribution is -2.48. The van der Waals surface area contributed by atoms with Crippen molar-refractivity contribution in [1.29, 1.82) is 0 Å². The Kier molecular flexibility index (Phi) is 5.21. The van der Waals surface area contributed by atoms with Crippen LogP contribution in [-0.2, 0) is 6.54 Å². The molecule has 0 spiro atoms. The second-order valence-corrected chi connectivity index (χ2v) is 6.93. The van der Waals surface area contributed by atoms with Gasteiger partial charge in [0.05, 0.1) is 12.6 Å². The number of ether oxygens (including phenoxy) is 1. The molecule has 0 saturated carbocycles. The number of hydrogen-bond acceptors (Lipinski definition) is 4. The molecule has 2 aromatic carbocycles. The highest BCUT2D eigenvalue weighted by atomic mass is 19.1. The normalized spacial score (nSPS) is 15.0. The minimum atomic E-state index is -0.351. The molecule has 6 heteroatoms. The van der Waals surface area contributed by atoms with E-state index in [1.165, 1.54) is 13.2 Å². The lowest BCUT2D eigenvalue weighted by atomic mass is 10.1. The second-order valence-electron chi connectivity index (χ2n) is 6.93. The molecule has 5 nitrogen and oxygen atoms in total. The van der Waals surface area contributed by atoms with Gasteiger partial charge >= 0.3 is 0 Å². The van der Waals surface area contributed by atoms with Gasteiger partial charge in [0.2, 0.25) is 0 Å². The average molecular weight is 379 g/mol. The first-order valence-electron chi connectivity index (χ1n) is 9.34. The number of carbonyl (C=O) groups is 1. The van der Waals surface area contributed by atoms with E-state index in [-0.39, 0.29) is 17.5 Å². The molecule has 0 atom stereocenters. The summed E-state index contributed by atoms with van der Waals surface area (Å²) in [5, 5.41) is 1.02. The Morgan fingerprint density at radius 1 is 1.07 bits per heavy atom. The van der Waals surface area contributed by atoms with Crippen LogP contribution in [0.2, 0.25) is 0 Å². The van der Waals surface area contributed by atoms with Crippen molar-refractivity contribution in [3.05, 3.63) is 71.7 Å². The van der Waals surface area contributed by atoms with Crippen molar-refractivity contribution in [3.63, 3.8) is 0 Å². The van der Waals surface area contributed by atoms with Gasteiger partial charge in [0.15, 0.2) is 11.6 Å². The highest BCUT2D eigenvalue weighted by Crippen LogP contribution is 2.19. The SMILES string of the molecule is COc1ccc(CN2CCN(C(=O)c3ccc4ccccc4n3)CC2)cc1F. The molecule has 144 valence electrons. The Morgan fingerprint density at radius 3 is 2.61 bits per heavy atom. The third kappa shape index (κ3) is 3.82. The maximum atomic E-state index is 13.9. The number of carbonyl (C=O) groups excluding carboxylic acids is 1. The number of aromatic nitrogens is 1. The standard InChI is InChI=1S/C22H22FN3O2/c1-28-21-9-6-16(14-18(21)23)15-25-10-12-26(13-11-25)22(27)20-8-7-17-4-2-3-5-19(17)24-20/h2-9,14H,10-13,15H2,1H3. The first-order chi connectivity index (χ1) is 13.6. The van der Waals surface area contributed by atoms with Crippen molar-refractivity contribution < 1.29 is 13.9 Å². The summed E-state index contributed by atoms with van der Waals surface area (Å²) >= 11 is 0. The summed E-state index contributed by atoms with van der Waals surface area (Å²) in [5.74, 6) is -0.140. The van der Waals surface area contributed by atoms with Gasteiger partial charge in [-0.05, 0) is 29.8 Å². The van der Waals surface area contributed by atoms with Crippen LogP contribution in [0, 0.1) is 5.82 Å². The number of para-hydroxylation sites is 1. The molecule has 1 aliphatic heterocycles. The van der Waals surface area contributed by atoms with Crippen LogP contribution < -0.4 is 4.74 Å².